The predicted molar refractivity (Wildman–Crippen MR) is 135 cm³/mol. The second-order valence-electron chi connectivity index (χ2n) is 8.76. The van der Waals surface area contributed by atoms with Crippen molar-refractivity contribution in [2.45, 2.75) is 57.8 Å². The van der Waals surface area contributed by atoms with Gasteiger partial charge >= 0.3 is 0 Å². The van der Waals surface area contributed by atoms with Gasteiger partial charge in [-0.15, -0.1) is 0 Å². The van der Waals surface area contributed by atoms with E-state index < -0.39 is 0 Å². The van der Waals surface area contributed by atoms with Crippen molar-refractivity contribution in [1.29, 1.82) is 0 Å². The molecular formula is C30H33NO2. The molecule has 1 fully saturated rings. The first-order valence-electron chi connectivity index (χ1n) is 12.1. The van der Waals surface area contributed by atoms with Gasteiger partial charge in [0.25, 0.3) is 0 Å². The van der Waals surface area contributed by atoms with Crippen LogP contribution in [0.25, 0.3) is 5.57 Å². The standard InChI is InChI=1S/C30H33NO2/c32-30(31-27-18-9-1-2-10-19-27)21-29(25-15-7-4-8-16-25)28-20-12-11-17-26(28)23-33-22-24-13-5-3-6-14-24/h3-8,11-17,20-21,27H,1-2,9-10,18-19,22-23H2,(H,31,32). The van der Waals surface area contributed by atoms with Crippen molar-refractivity contribution in [3.8, 4) is 0 Å². The van der Waals surface area contributed by atoms with E-state index in [1.165, 1.54) is 25.7 Å². The third-order valence-electron chi connectivity index (χ3n) is 6.24. The number of hydrogen-bond acceptors (Lipinski definition) is 2. The molecule has 0 aromatic heterocycles. The summed E-state index contributed by atoms with van der Waals surface area (Å²) in [6, 6.07) is 28.8. The third-order valence-corrected chi connectivity index (χ3v) is 6.24. The highest BCUT2D eigenvalue weighted by Crippen LogP contribution is 2.27. The number of amides is 1. The maximum atomic E-state index is 13.1. The van der Waals surface area contributed by atoms with E-state index in [1.54, 1.807) is 6.08 Å². The Hall–Kier alpha value is -3.17. The summed E-state index contributed by atoms with van der Waals surface area (Å²) in [5.41, 5.74) is 5.22. The van der Waals surface area contributed by atoms with Crippen LogP contribution in [-0.2, 0) is 22.7 Å². The maximum absolute atomic E-state index is 13.1. The Kier molecular flexibility index (Phi) is 8.49. The first-order valence-corrected chi connectivity index (χ1v) is 12.1. The number of ether oxygens (including phenoxy) is 1. The summed E-state index contributed by atoms with van der Waals surface area (Å²) in [5.74, 6) is -0.0132. The van der Waals surface area contributed by atoms with Crippen molar-refractivity contribution >= 4 is 11.5 Å². The summed E-state index contributed by atoms with van der Waals surface area (Å²) in [4.78, 5) is 13.1. The normalized spacial score (nSPS) is 15.1. The van der Waals surface area contributed by atoms with Crippen LogP contribution in [-0.4, -0.2) is 11.9 Å². The summed E-state index contributed by atoms with van der Waals surface area (Å²) in [7, 11) is 0. The lowest BCUT2D eigenvalue weighted by molar-refractivity contribution is -0.117. The van der Waals surface area contributed by atoms with Crippen LogP contribution in [0.3, 0.4) is 0 Å². The molecule has 33 heavy (non-hydrogen) atoms. The van der Waals surface area contributed by atoms with Crippen LogP contribution in [0.5, 0.6) is 0 Å². The van der Waals surface area contributed by atoms with Gasteiger partial charge < -0.3 is 10.1 Å². The molecule has 1 N–H and O–H groups in total. The topological polar surface area (TPSA) is 38.3 Å². The highest BCUT2D eigenvalue weighted by molar-refractivity contribution is 5.99. The molecule has 4 rings (SSSR count). The van der Waals surface area contributed by atoms with Crippen LogP contribution in [0.2, 0.25) is 0 Å². The van der Waals surface area contributed by atoms with E-state index in [0.717, 1.165) is 40.7 Å². The van der Waals surface area contributed by atoms with E-state index in [9.17, 15) is 4.79 Å². The van der Waals surface area contributed by atoms with E-state index in [-0.39, 0.29) is 11.9 Å². The van der Waals surface area contributed by atoms with Crippen molar-refractivity contribution in [2.75, 3.05) is 0 Å². The van der Waals surface area contributed by atoms with Crippen molar-refractivity contribution in [3.63, 3.8) is 0 Å². The first kappa shape index (κ1) is 23.0. The van der Waals surface area contributed by atoms with E-state index in [0.29, 0.717) is 13.2 Å². The van der Waals surface area contributed by atoms with Crippen molar-refractivity contribution in [1.82, 2.24) is 5.32 Å². The Morgan fingerprint density at radius 1 is 0.788 bits per heavy atom. The molecule has 0 aliphatic heterocycles. The smallest absolute Gasteiger partial charge is 0.244 e. The third kappa shape index (κ3) is 6.90. The molecule has 0 bridgehead atoms. The monoisotopic (exact) mass is 439 g/mol. The lowest BCUT2D eigenvalue weighted by Gasteiger charge is -2.17. The van der Waals surface area contributed by atoms with E-state index >= 15 is 0 Å². The highest BCUT2D eigenvalue weighted by Gasteiger charge is 2.16. The van der Waals surface area contributed by atoms with Crippen LogP contribution in [0, 0.1) is 0 Å². The summed E-state index contributed by atoms with van der Waals surface area (Å²) in [5, 5.41) is 3.27. The molecule has 1 saturated carbocycles. The van der Waals surface area contributed by atoms with Crippen molar-refractivity contribution in [2.24, 2.45) is 0 Å². The van der Waals surface area contributed by atoms with Gasteiger partial charge in [-0.25, -0.2) is 0 Å². The number of carbonyl (C=O) groups is 1. The molecule has 3 nitrogen and oxygen atoms in total. The summed E-state index contributed by atoms with van der Waals surface area (Å²) in [6.07, 6.45) is 8.86. The molecule has 1 amide bonds. The molecule has 3 aromatic carbocycles. The molecule has 1 aliphatic rings. The Bertz CT molecular complexity index is 1040. The molecule has 170 valence electrons. The Morgan fingerprint density at radius 3 is 2.15 bits per heavy atom. The average molecular weight is 440 g/mol. The zero-order chi connectivity index (χ0) is 22.7. The molecule has 3 aromatic rings. The van der Waals surface area contributed by atoms with Gasteiger partial charge in [-0.3, -0.25) is 4.79 Å². The van der Waals surface area contributed by atoms with Crippen LogP contribution in [0.1, 0.15) is 60.8 Å². The minimum absolute atomic E-state index is 0.0132. The van der Waals surface area contributed by atoms with Gasteiger partial charge in [0, 0.05) is 12.1 Å². The van der Waals surface area contributed by atoms with Gasteiger partial charge in [-0.05, 0) is 40.7 Å². The molecule has 3 heteroatoms. The first-order chi connectivity index (χ1) is 16.3. The molecule has 0 unspecified atom stereocenters. The lowest BCUT2D eigenvalue weighted by Crippen LogP contribution is -2.33. The van der Waals surface area contributed by atoms with Crippen LogP contribution in [0.15, 0.2) is 91.0 Å². The Labute approximate surface area is 197 Å². The number of carbonyl (C=O) groups excluding carboxylic acids is 1. The zero-order valence-electron chi connectivity index (χ0n) is 19.2. The molecule has 1 aliphatic carbocycles. The molecule has 0 atom stereocenters. The van der Waals surface area contributed by atoms with Gasteiger partial charge in [0.05, 0.1) is 13.2 Å². The van der Waals surface area contributed by atoms with Crippen molar-refractivity contribution < 1.29 is 9.53 Å². The van der Waals surface area contributed by atoms with Gasteiger partial charge in [-0.1, -0.05) is 111 Å². The second-order valence-corrected chi connectivity index (χ2v) is 8.76. The zero-order valence-corrected chi connectivity index (χ0v) is 19.2. The quantitative estimate of drug-likeness (QED) is 0.314. The molecule has 0 spiro atoms. The van der Waals surface area contributed by atoms with E-state index in [1.807, 2.05) is 48.5 Å². The van der Waals surface area contributed by atoms with Gasteiger partial charge in [-0.2, -0.15) is 0 Å². The van der Waals surface area contributed by atoms with E-state index in [2.05, 4.69) is 41.7 Å². The highest BCUT2D eigenvalue weighted by atomic mass is 16.5. The summed E-state index contributed by atoms with van der Waals surface area (Å²) >= 11 is 0. The Balaban J connectivity index is 1.56. The Morgan fingerprint density at radius 2 is 1.42 bits per heavy atom. The fourth-order valence-electron chi connectivity index (χ4n) is 4.49. The van der Waals surface area contributed by atoms with Crippen LogP contribution >= 0.6 is 0 Å². The lowest BCUT2D eigenvalue weighted by atomic mass is 9.93. The average Bonchev–Trinajstić information content (AvgIpc) is 3.13. The van der Waals surface area contributed by atoms with E-state index in [4.69, 9.17) is 4.74 Å². The molecular weight excluding hydrogens is 406 g/mol. The fraction of sp³-hybridized carbons (Fsp3) is 0.300. The maximum Gasteiger partial charge on any atom is 0.244 e. The molecule has 0 heterocycles. The van der Waals surface area contributed by atoms with Gasteiger partial charge in [0.2, 0.25) is 5.91 Å². The summed E-state index contributed by atoms with van der Waals surface area (Å²) in [6.45, 7) is 1.04. The predicted octanol–water partition coefficient (Wildman–Crippen LogP) is 6.67. The molecule has 0 saturated heterocycles. The number of nitrogens with one attached hydrogen (secondary N) is 1. The molecule has 0 radical (unpaired) electrons. The second kappa shape index (κ2) is 12.2. The minimum atomic E-state index is -0.0132. The van der Waals surface area contributed by atoms with Crippen LogP contribution < -0.4 is 5.32 Å². The number of benzene rings is 3. The fourth-order valence-corrected chi connectivity index (χ4v) is 4.49. The summed E-state index contributed by atoms with van der Waals surface area (Å²) < 4.78 is 6.05. The number of rotatable bonds is 8. The number of hydrogen-bond donors (Lipinski definition) is 1. The van der Waals surface area contributed by atoms with Crippen molar-refractivity contribution in [3.05, 3.63) is 113 Å². The van der Waals surface area contributed by atoms with Gasteiger partial charge in [0.15, 0.2) is 0 Å². The largest absolute Gasteiger partial charge is 0.372 e. The van der Waals surface area contributed by atoms with Crippen LogP contribution in [0.4, 0.5) is 0 Å². The minimum Gasteiger partial charge on any atom is -0.372 e. The SMILES string of the molecule is O=C(C=C(c1ccccc1)c1ccccc1COCc1ccccc1)NC1CCCCCC1. The van der Waals surface area contributed by atoms with Gasteiger partial charge in [0.1, 0.15) is 0 Å².